The molecule has 0 saturated carbocycles. The first kappa shape index (κ1) is 33.0. The molecule has 2 aromatic heterocycles. The largest absolute Gasteiger partial charge is 0.460 e. The summed E-state index contributed by atoms with van der Waals surface area (Å²) in [6.07, 6.45) is 2.51. The summed E-state index contributed by atoms with van der Waals surface area (Å²) in [4.78, 5) is 74.0. The van der Waals surface area contributed by atoms with Crippen LogP contribution in [0.3, 0.4) is 0 Å². The van der Waals surface area contributed by atoms with Crippen LogP contribution in [0.5, 0.6) is 0 Å². The number of cyclic esters (lactones) is 1. The zero-order valence-electron chi connectivity index (χ0n) is 27.0. The van der Waals surface area contributed by atoms with Crippen molar-refractivity contribution in [2.75, 3.05) is 6.54 Å². The Balaban J connectivity index is 1.31. The van der Waals surface area contributed by atoms with E-state index >= 15 is 0 Å². The van der Waals surface area contributed by atoms with Crippen molar-refractivity contribution in [2.45, 2.75) is 56.8 Å². The smallest absolute Gasteiger partial charge is 0.307 e. The average Bonchev–Trinajstić information content (AvgIpc) is 3.70. The highest BCUT2D eigenvalue weighted by Gasteiger charge is 2.35. The van der Waals surface area contributed by atoms with Crippen molar-refractivity contribution in [1.29, 1.82) is 0 Å². The van der Waals surface area contributed by atoms with E-state index in [1.807, 2.05) is 54.6 Å². The highest BCUT2D eigenvalue weighted by Crippen LogP contribution is 2.21. The Morgan fingerprint density at radius 2 is 1.29 bits per heavy atom. The van der Waals surface area contributed by atoms with Crippen molar-refractivity contribution >= 4 is 51.4 Å². The normalized spacial score (nSPS) is 20.9. The second kappa shape index (κ2) is 14.9. The first-order valence-corrected chi connectivity index (χ1v) is 16.3. The van der Waals surface area contributed by atoms with Gasteiger partial charge in [0.1, 0.15) is 24.2 Å². The molecule has 3 aromatic carbocycles. The standard InChI is InChI=1S/C37H38N6O6/c1-22-34(43-32(44)17-23-9-3-2-4-10-23)37(48)42-31(19-25-21-40-29-14-8-6-12-27(25)29)36(47)41-30(35(46)38-16-15-33(45)49-22)18-24-20-39-28-13-7-5-11-26(24)28/h2-14,20-22,30-31,34,39-40H,15-19H2,1H3,(H,38,46)(H,41,47)(H,42,48)(H,43,44). The minimum absolute atomic E-state index is 0.00785. The fraction of sp³-hybridized carbons (Fsp3) is 0.270. The van der Waals surface area contributed by atoms with E-state index in [1.54, 1.807) is 36.7 Å². The SMILES string of the molecule is CC1OC(=O)CCNC(=O)C(Cc2c[nH]c3ccccc23)NC(=O)C(Cc2c[nH]c3ccccc23)NC(=O)C1NC(=O)Cc1ccccc1. The number of carbonyl (C=O) groups is 5. The number of fused-ring (bicyclic) bond motifs is 2. The second-order valence-corrected chi connectivity index (χ2v) is 12.2. The lowest BCUT2D eigenvalue weighted by atomic mass is 10.0. The molecule has 3 heterocycles. The van der Waals surface area contributed by atoms with Gasteiger partial charge in [0, 0.05) is 53.6 Å². The third kappa shape index (κ3) is 7.98. The van der Waals surface area contributed by atoms with Gasteiger partial charge in [-0.3, -0.25) is 24.0 Å². The molecule has 5 aromatic rings. The molecule has 0 spiro atoms. The summed E-state index contributed by atoms with van der Waals surface area (Å²) in [6.45, 7) is 1.45. The van der Waals surface area contributed by atoms with Crippen LogP contribution in [0.25, 0.3) is 21.8 Å². The molecular weight excluding hydrogens is 624 g/mol. The maximum atomic E-state index is 14.1. The maximum absolute atomic E-state index is 14.1. The summed E-state index contributed by atoms with van der Waals surface area (Å²) >= 11 is 0. The van der Waals surface area contributed by atoms with Gasteiger partial charge in [0.05, 0.1) is 12.8 Å². The Labute approximate surface area is 282 Å². The van der Waals surface area contributed by atoms with Gasteiger partial charge >= 0.3 is 5.97 Å². The maximum Gasteiger partial charge on any atom is 0.307 e. The van der Waals surface area contributed by atoms with E-state index in [-0.39, 0.29) is 32.2 Å². The van der Waals surface area contributed by atoms with Gasteiger partial charge in [-0.2, -0.15) is 0 Å². The van der Waals surface area contributed by atoms with Crippen LogP contribution in [-0.2, 0) is 48.0 Å². The van der Waals surface area contributed by atoms with Crippen LogP contribution in [0.15, 0.2) is 91.3 Å². The summed E-state index contributed by atoms with van der Waals surface area (Å²) in [6, 6.07) is 20.7. The minimum atomic E-state index is -1.31. The number of benzene rings is 3. The van der Waals surface area contributed by atoms with E-state index in [0.29, 0.717) is 0 Å². The molecule has 0 radical (unpaired) electrons. The molecule has 6 rings (SSSR count). The molecule has 49 heavy (non-hydrogen) atoms. The molecule has 1 saturated heterocycles. The lowest BCUT2D eigenvalue weighted by Crippen LogP contribution is -2.60. The number of hydrogen-bond acceptors (Lipinski definition) is 6. The van der Waals surface area contributed by atoms with Gasteiger partial charge in [-0.15, -0.1) is 0 Å². The van der Waals surface area contributed by atoms with Gasteiger partial charge in [-0.1, -0.05) is 66.7 Å². The van der Waals surface area contributed by atoms with Crippen molar-refractivity contribution in [3.05, 3.63) is 108 Å². The molecule has 1 fully saturated rings. The molecule has 0 bridgehead atoms. The highest BCUT2D eigenvalue weighted by atomic mass is 16.5. The monoisotopic (exact) mass is 662 g/mol. The van der Waals surface area contributed by atoms with Crippen molar-refractivity contribution in [2.24, 2.45) is 0 Å². The highest BCUT2D eigenvalue weighted by molar-refractivity contribution is 5.96. The Bertz CT molecular complexity index is 1980. The summed E-state index contributed by atoms with van der Waals surface area (Å²) < 4.78 is 5.57. The number of carbonyl (C=O) groups excluding carboxylic acids is 5. The van der Waals surface area contributed by atoms with Crippen molar-refractivity contribution < 1.29 is 28.7 Å². The molecule has 6 N–H and O–H groups in total. The zero-order chi connectivity index (χ0) is 34.3. The predicted molar refractivity (Wildman–Crippen MR) is 183 cm³/mol. The van der Waals surface area contributed by atoms with Gasteiger partial charge in [0.15, 0.2) is 0 Å². The van der Waals surface area contributed by atoms with Gasteiger partial charge < -0.3 is 36.0 Å². The third-order valence-corrected chi connectivity index (χ3v) is 8.69. The molecule has 252 valence electrons. The predicted octanol–water partition coefficient (Wildman–Crippen LogP) is 2.58. The average molecular weight is 663 g/mol. The van der Waals surface area contributed by atoms with E-state index < -0.39 is 53.8 Å². The Hall–Kier alpha value is -5.91. The van der Waals surface area contributed by atoms with Crippen LogP contribution in [0.1, 0.15) is 30.0 Å². The lowest BCUT2D eigenvalue weighted by Gasteiger charge is -2.28. The molecule has 12 heteroatoms. The number of hydrogen-bond donors (Lipinski definition) is 6. The van der Waals surface area contributed by atoms with Gasteiger partial charge in [0.2, 0.25) is 23.6 Å². The number of amides is 4. The van der Waals surface area contributed by atoms with Crippen LogP contribution < -0.4 is 21.3 Å². The number of aromatic amines is 2. The van der Waals surface area contributed by atoms with E-state index in [4.69, 9.17) is 4.74 Å². The number of nitrogens with one attached hydrogen (secondary N) is 6. The van der Waals surface area contributed by atoms with Crippen LogP contribution in [-0.4, -0.2) is 70.3 Å². The number of aromatic nitrogens is 2. The Morgan fingerprint density at radius 1 is 0.735 bits per heavy atom. The molecular formula is C37H38N6O6. The summed E-state index contributed by atoms with van der Waals surface area (Å²) in [5, 5.41) is 12.9. The number of esters is 1. The molecule has 1 aliphatic rings. The Kier molecular flexibility index (Phi) is 10.0. The van der Waals surface area contributed by atoms with Crippen molar-refractivity contribution in [3.8, 4) is 0 Å². The minimum Gasteiger partial charge on any atom is -0.460 e. The first-order valence-electron chi connectivity index (χ1n) is 16.3. The summed E-state index contributed by atoms with van der Waals surface area (Å²) in [7, 11) is 0. The molecule has 4 atom stereocenters. The number of para-hydroxylation sites is 2. The quantitative estimate of drug-likeness (QED) is 0.146. The van der Waals surface area contributed by atoms with Crippen LogP contribution in [0, 0.1) is 0 Å². The zero-order valence-corrected chi connectivity index (χ0v) is 27.0. The Morgan fingerprint density at radius 3 is 1.92 bits per heavy atom. The van der Waals surface area contributed by atoms with Gasteiger partial charge in [-0.05, 0) is 35.7 Å². The van der Waals surface area contributed by atoms with Gasteiger partial charge in [0.25, 0.3) is 0 Å². The van der Waals surface area contributed by atoms with Crippen LogP contribution in [0.2, 0.25) is 0 Å². The van der Waals surface area contributed by atoms with E-state index in [9.17, 15) is 24.0 Å². The van der Waals surface area contributed by atoms with E-state index in [1.165, 1.54) is 6.92 Å². The fourth-order valence-electron chi connectivity index (χ4n) is 6.14. The summed E-state index contributed by atoms with van der Waals surface area (Å²) in [5.74, 6) is -2.91. The van der Waals surface area contributed by atoms with E-state index in [0.717, 1.165) is 38.5 Å². The number of H-pyrrole nitrogens is 2. The van der Waals surface area contributed by atoms with Crippen molar-refractivity contribution in [3.63, 3.8) is 0 Å². The topological polar surface area (TPSA) is 174 Å². The fourth-order valence-corrected chi connectivity index (χ4v) is 6.14. The third-order valence-electron chi connectivity index (χ3n) is 8.69. The number of ether oxygens (including phenoxy) is 1. The second-order valence-electron chi connectivity index (χ2n) is 12.2. The van der Waals surface area contributed by atoms with Crippen LogP contribution in [0.4, 0.5) is 0 Å². The van der Waals surface area contributed by atoms with Crippen LogP contribution >= 0.6 is 0 Å². The molecule has 0 aliphatic carbocycles. The van der Waals surface area contributed by atoms with Gasteiger partial charge in [-0.25, -0.2) is 0 Å². The molecule has 12 nitrogen and oxygen atoms in total. The first-order chi connectivity index (χ1) is 23.7. The number of rotatable bonds is 7. The molecule has 4 amide bonds. The lowest BCUT2D eigenvalue weighted by molar-refractivity contribution is -0.152. The molecule has 4 unspecified atom stereocenters. The van der Waals surface area contributed by atoms with E-state index in [2.05, 4.69) is 31.2 Å². The van der Waals surface area contributed by atoms with Crippen molar-refractivity contribution in [1.82, 2.24) is 31.2 Å². The summed E-state index contributed by atoms with van der Waals surface area (Å²) in [5.41, 5.74) is 4.04. The molecule has 1 aliphatic heterocycles.